The minimum absolute atomic E-state index is 0.0263. The number of aliphatic hydroxyl groups is 3. The fourth-order valence-corrected chi connectivity index (χ4v) is 6.52. The van der Waals surface area contributed by atoms with Gasteiger partial charge in [-0.2, -0.15) is 5.26 Å². The molecule has 0 spiro atoms. The highest BCUT2D eigenvalue weighted by Crippen LogP contribution is 2.27. The highest BCUT2D eigenvalue weighted by Gasteiger charge is 2.44. The Morgan fingerprint density at radius 3 is 2.48 bits per heavy atom. The number of rotatable bonds is 14. The smallest absolute Gasteiger partial charge is 0.262 e. The normalized spacial score (nSPS) is 24.4. The number of benzene rings is 2. The van der Waals surface area contributed by atoms with Crippen LogP contribution in [0.5, 0.6) is 0 Å². The average Bonchev–Trinajstić information content (AvgIpc) is 3.56. The quantitative estimate of drug-likeness (QED) is 0.141. The molecule has 0 radical (unpaired) electrons. The first-order valence-electron chi connectivity index (χ1n) is 17.9. The summed E-state index contributed by atoms with van der Waals surface area (Å²) in [4.78, 5) is 18.0. The van der Waals surface area contributed by atoms with Crippen molar-refractivity contribution in [2.24, 2.45) is 0 Å². The van der Waals surface area contributed by atoms with Crippen LogP contribution in [0, 0.1) is 11.3 Å². The fraction of sp³-hybridized carbons (Fsp3) is 0.579. The summed E-state index contributed by atoms with van der Waals surface area (Å²) in [6.45, 7) is 12.3. The molecule has 0 saturated carbocycles. The average molecular weight is 720 g/mol. The van der Waals surface area contributed by atoms with E-state index < -0.39 is 47.8 Å². The highest BCUT2D eigenvalue weighted by atomic mass is 16.7. The van der Waals surface area contributed by atoms with Gasteiger partial charge in [0.2, 0.25) is 0 Å². The van der Waals surface area contributed by atoms with E-state index in [1.165, 1.54) is 17.5 Å². The van der Waals surface area contributed by atoms with Crippen LogP contribution >= 0.6 is 0 Å². The Labute approximate surface area is 305 Å². The number of carbonyl (C=O) groups excluding carboxylic acids is 1. The van der Waals surface area contributed by atoms with Gasteiger partial charge in [-0.1, -0.05) is 30.3 Å². The van der Waals surface area contributed by atoms with Crippen LogP contribution in [0.4, 0.5) is 5.69 Å². The second-order valence-corrected chi connectivity index (χ2v) is 14.9. The molecule has 2 aliphatic rings. The van der Waals surface area contributed by atoms with Gasteiger partial charge in [0.05, 0.1) is 17.8 Å². The molecule has 2 saturated heterocycles. The van der Waals surface area contributed by atoms with Gasteiger partial charge in [0, 0.05) is 63.7 Å². The largest absolute Gasteiger partial charge is 0.388 e. The number of aromatic nitrogens is 3. The zero-order chi connectivity index (χ0) is 37.6. The maximum absolute atomic E-state index is 13.3. The Kier molecular flexibility index (Phi) is 12.7. The molecule has 5 rings (SSSR count). The number of likely N-dealkylation sites (N-methyl/N-ethyl adjacent to an activating group) is 1. The summed E-state index contributed by atoms with van der Waals surface area (Å²) in [5.41, 5.74) is 1.43. The number of anilines is 1. The van der Waals surface area contributed by atoms with Gasteiger partial charge in [-0.25, -0.2) is 4.68 Å². The van der Waals surface area contributed by atoms with Gasteiger partial charge in [0.25, 0.3) is 5.91 Å². The molecule has 1 amide bonds. The molecule has 2 fully saturated rings. The van der Waals surface area contributed by atoms with Gasteiger partial charge in [-0.3, -0.25) is 4.79 Å². The SMILES string of the molecule is CCC(C)(Cc1cn(C[C@H]2O[C@H](OC)[C@H](O)[C@@H](O)[C@@H]2O)nn1)OCCC(C)(C)NC(=O)/C(C#N)=C/c1ccc2cc(N3CCN(C)CC3)ccc2c1. The zero-order valence-corrected chi connectivity index (χ0v) is 31.0. The Bertz CT molecular complexity index is 1750. The summed E-state index contributed by atoms with van der Waals surface area (Å²) in [5, 5.41) is 54.1. The number of nitrogens with one attached hydrogen (secondary N) is 1. The molecule has 2 aromatic carbocycles. The molecule has 0 aliphatic carbocycles. The predicted molar refractivity (Wildman–Crippen MR) is 196 cm³/mol. The number of nitrogens with zero attached hydrogens (tertiary/aromatic N) is 6. The second kappa shape index (κ2) is 16.8. The van der Waals surface area contributed by atoms with Gasteiger partial charge < -0.3 is 44.6 Å². The summed E-state index contributed by atoms with van der Waals surface area (Å²) in [5.74, 6) is -0.446. The van der Waals surface area contributed by atoms with E-state index in [1.54, 1.807) is 12.3 Å². The highest BCUT2D eigenvalue weighted by molar-refractivity contribution is 6.02. The third-order valence-electron chi connectivity index (χ3n) is 10.2. The summed E-state index contributed by atoms with van der Waals surface area (Å²) in [7, 11) is 3.49. The van der Waals surface area contributed by atoms with Gasteiger partial charge in [-0.15, -0.1) is 5.10 Å². The number of nitriles is 1. The van der Waals surface area contributed by atoms with Crippen LogP contribution in [0.15, 0.2) is 48.2 Å². The van der Waals surface area contributed by atoms with Gasteiger partial charge >= 0.3 is 0 Å². The molecular weight excluding hydrogens is 666 g/mol. The molecule has 4 N–H and O–H groups in total. The maximum Gasteiger partial charge on any atom is 0.262 e. The molecule has 1 unspecified atom stereocenters. The van der Waals surface area contributed by atoms with Crippen LogP contribution in [-0.4, -0.2) is 130 Å². The number of amides is 1. The number of carbonyl (C=O) groups is 1. The Hall–Kier alpha value is -3.94. The van der Waals surface area contributed by atoms with Gasteiger partial charge in [-0.05, 0) is 81.3 Å². The minimum atomic E-state index is -1.42. The van der Waals surface area contributed by atoms with E-state index in [-0.39, 0.29) is 12.1 Å². The van der Waals surface area contributed by atoms with Crippen LogP contribution in [0.1, 0.15) is 51.8 Å². The molecule has 1 aromatic heterocycles. The summed E-state index contributed by atoms with van der Waals surface area (Å²) >= 11 is 0. The van der Waals surface area contributed by atoms with Crippen LogP contribution in [0.25, 0.3) is 16.8 Å². The van der Waals surface area contributed by atoms with E-state index in [0.717, 1.165) is 42.5 Å². The van der Waals surface area contributed by atoms with E-state index in [4.69, 9.17) is 14.2 Å². The van der Waals surface area contributed by atoms with E-state index in [1.807, 2.05) is 45.9 Å². The third kappa shape index (κ3) is 9.73. The van der Waals surface area contributed by atoms with Crippen molar-refractivity contribution < 1.29 is 34.3 Å². The zero-order valence-electron chi connectivity index (χ0n) is 31.0. The van der Waals surface area contributed by atoms with Gasteiger partial charge in [0.15, 0.2) is 6.29 Å². The molecule has 3 aromatic rings. The first-order chi connectivity index (χ1) is 24.7. The number of methoxy groups -OCH3 is 1. The van der Waals surface area contributed by atoms with Crippen LogP contribution in [0.2, 0.25) is 0 Å². The van der Waals surface area contributed by atoms with Crippen molar-refractivity contribution in [2.75, 3.05) is 51.8 Å². The maximum atomic E-state index is 13.3. The van der Waals surface area contributed by atoms with E-state index in [9.17, 15) is 25.4 Å². The standard InChI is InChI=1S/C38H53N7O7/c1-7-38(4,21-29-23-45(42-41-29)24-31-32(46)33(47)34(48)36(50-6)52-31)51-17-12-37(2,3)40-35(49)28(22-39)19-25-8-9-27-20-30(11-10-26(27)18-25)44-15-13-43(5)14-16-44/h8-11,18-20,23,31-34,36,46-48H,7,12-17,21,24H2,1-6H3,(H,40,49)/b28-19+/t31-,32-,33+,34-,36+,38?/m1/s1. The van der Waals surface area contributed by atoms with E-state index >= 15 is 0 Å². The van der Waals surface area contributed by atoms with Crippen LogP contribution in [0.3, 0.4) is 0 Å². The molecular formula is C38H53N7O7. The molecule has 3 heterocycles. The van der Waals surface area contributed by atoms with Crippen molar-refractivity contribution in [2.45, 2.75) is 95.3 Å². The fourth-order valence-electron chi connectivity index (χ4n) is 6.52. The molecule has 52 heavy (non-hydrogen) atoms. The summed E-state index contributed by atoms with van der Waals surface area (Å²) in [6, 6.07) is 14.5. The molecule has 282 valence electrons. The lowest BCUT2D eigenvalue weighted by atomic mass is 9.96. The number of hydrogen-bond donors (Lipinski definition) is 4. The van der Waals surface area contributed by atoms with Crippen molar-refractivity contribution in [1.29, 1.82) is 5.26 Å². The number of ether oxygens (including phenoxy) is 3. The molecule has 14 nitrogen and oxygen atoms in total. The third-order valence-corrected chi connectivity index (χ3v) is 10.2. The molecule has 6 atom stereocenters. The lowest BCUT2D eigenvalue weighted by Gasteiger charge is -2.39. The number of fused-ring (bicyclic) bond motifs is 1. The van der Waals surface area contributed by atoms with Crippen molar-refractivity contribution in [3.63, 3.8) is 0 Å². The minimum Gasteiger partial charge on any atom is -0.388 e. The number of aliphatic hydroxyl groups excluding tert-OH is 3. The van der Waals surface area contributed by atoms with Crippen molar-refractivity contribution in [1.82, 2.24) is 25.2 Å². The van der Waals surface area contributed by atoms with Crippen LogP contribution < -0.4 is 10.2 Å². The van der Waals surface area contributed by atoms with Gasteiger partial charge in [0.1, 0.15) is 36.1 Å². The van der Waals surface area contributed by atoms with E-state index in [2.05, 4.69) is 56.7 Å². The lowest BCUT2D eigenvalue weighted by molar-refractivity contribution is -0.292. The molecule has 2 aliphatic heterocycles. The van der Waals surface area contributed by atoms with E-state index in [0.29, 0.717) is 31.6 Å². The monoisotopic (exact) mass is 719 g/mol. The second-order valence-electron chi connectivity index (χ2n) is 14.9. The molecule has 0 bridgehead atoms. The first kappa shape index (κ1) is 39.3. The summed E-state index contributed by atoms with van der Waals surface area (Å²) in [6.07, 6.45) is -1.08. The Morgan fingerprint density at radius 1 is 1.08 bits per heavy atom. The lowest BCUT2D eigenvalue weighted by Crippen LogP contribution is -2.58. The Balaban J connectivity index is 1.13. The van der Waals surface area contributed by atoms with Crippen molar-refractivity contribution in [3.8, 4) is 6.07 Å². The summed E-state index contributed by atoms with van der Waals surface area (Å²) < 4.78 is 18.6. The topological polar surface area (TPSA) is 178 Å². The van der Waals surface area contributed by atoms with Crippen molar-refractivity contribution in [3.05, 3.63) is 59.4 Å². The predicted octanol–water partition coefficient (Wildman–Crippen LogP) is 2.26. The molecule has 14 heteroatoms. The number of hydrogen-bond acceptors (Lipinski definition) is 12. The Morgan fingerprint density at radius 2 is 1.79 bits per heavy atom. The first-order valence-corrected chi connectivity index (χ1v) is 17.9. The number of piperazine rings is 1. The van der Waals surface area contributed by atoms with Crippen LogP contribution in [-0.2, 0) is 32.0 Å². The van der Waals surface area contributed by atoms with Crippen molar-refractivity contribution >= 4 is 28.4 Å².